The molecule has 102 valence electrons. The fraction of sp³-hybridized carbons (Fsp3) is 0.357. The van der Waals surface area contributed by atoms with Gasteiger partial charge in [0.2, 0.25) is 0 Å². The monoisotopic (exact) mass is 325 g/mol. The fourth-order valence-corrected chi connectivity index (χ4v) is 2.25. The highest BCUT2D eigenvalue weighted by Crippen LogP contribution is 2.17. The molecule has 1 heterocycles. The number of aromatic nitrogens is 2. The predicted octanol–water partition coefficient (Wildman–Crippen LogP) is 3.35. The quantitative estimate of drug-likeness (QED) is 0.791. The lowest BCUT2D eigenvalue weighted by atomic mass is 10.2. The van der Waals surface area contributed by atoms with Gasteiger partial charge >= 0.3 is 0 Å². The number of imidazole rings is 1. The van der Waals surface area contributed by atoms with Gasteiger partial charge in [0.1, 0.15) is 5.82 Å². The summed E-state index contributed by atoms with van der Waals surface area (Å²) in [5.41, 5.74) is 0.953. The number of hydrogen-bond donors (Lipinski definition) is 1. The van der Waals surface area contributed by atoms with Crippen LogP contribution < -0.4 is 5.32 Å². The Labute approximate surface area is 121 Å². The zero-order chi connectivity index (χ0) is 13.5. The van der Waals surface area contributed by atoms with Crippen molar-refractivity contribution in [1.29, 1.82) is 0 Å². The van der Waals surface area contributed by atoms with Crippen LogP contribution in [0.5, 0.6) is 0 Å². The van der Waals surface area contributed by atoms with Crippen LogP contribution in [0.3, 0.4) is 0 Å². The van der Waals surface area contributed by atoms with E-state index < -0.39 is 0 Å². The van der Waals surface area contributed by atoms with E-state index in [1.165, 1.54) is 6.07 Å². The van der Waals surface area contributed by atoms with Crippen molar-refractivity contribution in [3.8, 4) is 0 Å². The van der Waals surface area contributed by atoms with Crippen molar-refractivity contribution in [3.05, 3.63) is 52.8 Å². The van der Waals surface area contributed by atoms with Gasteiger partial charge in [0, 0.05) is 30.0 Å². The van der Waals surface area contributed by atoms with Crippen LogP contribution in [0.25, 0.3) is 0 Å². The zero-order valence-electron chi connectivity index (χ0n) is 10.6. The van der Waals surface area contributed by atoms with Crippen molar-refractivity contribution in [2.75, 3.05) is 6.54 Å². The largest absolute Gasteiger partial charge is 0.337 e. The van der Waals surface area contributed by atoms with E-state index in [1.807, 2.05) is 12.5 Å². The van der Waals surface area contributed by atoms with Gasteiger partial charge < -0.3 is 9.88 Å². The molecule has 2 rings (SSSR count). The van der Waals surface area contributed by atoms with Gasteiger partial charge in [-0.15, -0.1) is 0 Å². The van der Waals surface area contributed by atoms with Gasteiger partial charge in [-0.2, -0.15) is 0 Å². The first-order valence-electron chi connectivity index (χ1n) is 6.36. The van der Waals surface area contributed by atoms with Crippen molar-refractivity contribution >= 4 is 15.9 Å². The third-order valence-corrected chi connectivity index (χ3v) is 3.68. The van der Waals surface area contributed by atoms with E-state index in [-0.39, 0.29) is 5.82 Å². The molecule has 0 aliphatic carbocycles. The maximum Gasteiger partial charge on any atom is 0.123 e. The Bertz CT molecular complexity index is 499. The Morgan fingerprint density at radius 1 is 1.32 bits per heavy atom. The summed E-state index contributed by atoms with van der Waals surface area (Å²) in [5, 5.41) is 3.33. The van der Waals surface area contributed by atoms with Gasteiger partial charge in [0.25, 0.3) is 0 Å². The van der Waals surface area contributed by atoms with Crippen molar-refractivity contribution in [2.24, 2.45) is 0 Å². The summed E-state index contributed by atoms with van der Waals surface area (Å²) >= 11 is 3.42. The number of unbranched alkanes of at least 4 members (excludes halogenated alkanes) is 1. The number of hydrogen-bond acceptors (Lipinski definition) is 2. The molecule has 0 aliphatic rings. The van der Waals surface area contributed by atoms with Gasteiger partial charge in [-0.05, 0) is 43.1 Å². The van der Waals surface area contributed by atoms with Crippen molar-refractivity contribution in [2.45, 2.75) is 25.9 Å². The lowest BCUT2D eigenvalue weighted by Gasteiger charge is -2.07. The van der Waals surface area contributed by atoms with Gasteiger partial charge in [-0.25, -0.2) is 9.37 Å². The molecule has 0 spiro atoms. The average Bonchev–Trinajstić information content (AvgIpc) is 2.90. The maximum absolute atomic E-state index is 13.1. The molecule has 3 nitrogen and oxygen atoms in total. The SMILES string of the molecule is Fc1ccc(Br)c(CNCCCCn2ccnc2)c1. The molecular weight excluding hydrogens is 309 g/mol. The molecule has 0 amide bonds. The minimum absolute atomic E-state index is 0.194. The van der Waals surface area contributed by atoms with Crippen molar-refractivity contribution < 1.29 is 4.39 Å². The van der Waals surface area contributed by atoms with E-state index in [0.717, 1.165) is 36.0 Å². The summed E-state index contributed by atoms with van der Waals surface area (Å²) in [4.78, 5) is 4.00. The summed E-state index contributed by atoms with van der Waals surface area (Å²) in [6.45, 7) is 2.60. The summed E-state index contributed by atoms with van der Waals surface area (Å²) in [6, 6.07) is 4.76. The van der Waals surface area contributed by atoms with Gasteiger partial charge in [-0.1, -0.05) is 15.9 Å². The first kappa shape index (κ1) is 14.2. The molecule has 19 heavy (non-hydrogen) atoms. The second kappa shape index (κ2) is 7.40. The molecule has 5 heteroatoms. The molecule has 0 aliphatic heterocycles. The molecule has 0 unspecified atom stereocenters. The van der Waals surface area contributed by atoms with E-state index in [4.69, 9.17) is 0 Å². The molecule has 1 aromatic carbocycles. The number of benzene rings is 1. The van der Waals surface area contributed by atoms with Crippen LogP contribution in [0.15, 0.2) is 41.4 Å². The highest BCUT2D eigenvalue weighted by atomic mass is 79.9. The average molecular weight is 326 g/mol. The minimum Gasteiger partial charge on any atom is -0.337 e. The lowest BCUT2D eigenvalue weighted by molar-refractivity contribution is 0.565. The topological polar surface area (TPSA) is 29.9 Å². The Balaban J connectivity index is 1.62. The summed E-state index contributed by atoms with van der Waals surface area (Å²) in [7, 11) is 0. The van der Waals surface area contributed by atoms with E-state index in [0.29, 0.717) is 6.54 Å². The number of rotatable bonds is 7. The van der Waals surface area contributed by atoms with E-state index in [1.54, 1.807) is 18.3 Å². The van der Waals surface area contributed by atoms with Crippen LogP contribution >= 0.6 is 15.9 Å². The van der Waals surface area contributed by atoms with Crippen LogP contribution in [-0.2, 0) is 13.1 Å². The van der Waals surface area contributed by atoms with E-state index in [2.05, 4.69) is 30.8 Å². The highest BCUT2D eigenvalue weighted by molar-refractivity contribution is 9.10. The van der Waals surface area contributed by atoms with E-state index >= 15 is 0 Å². The van der Waals surface area contributed by atoms with Crippen molar-refractivity contribution in [1.82, 2.24) is 14.9 Å². The highest BCUT2D eigenvalue weighted by Gasteiger charge is 2.01. The second-order valence-corrected chi connectivity index (χ2v) is 5.27. The third kappa shape index (κ3) is 4.76. The fourth-order valence-electron chi connectivity index (χ4n) is 1.87. The summed E-state index contributed by atoms with van der Waals surface area (Å²) in [5.74, 6) is -0.194. The molecule has 0 bridgehead atoms. The van der Waals surface area contributed by atoms with Gasteiger partial charge in [-0.3, -0.25) is 0 Å². The standard InChI is InChI=1S/C14H17BrFN3/c15-14-4-3-13(16)9-12(14)10-17-5-1-2-7-19-8-6-18-11-19/h3-4,6,8-9,11,17H,1-2,5,7,10H2. The van der Waals surface area contributed by atoms with Crippen LogP contribution in [0.2, 0.25) is 0 Å². The van der Waals surface area contributed by atoms with Crippen LogP contribution in [0, 0.1) is 5.82 Å². The normalized spacial score (nSPS) is 10.8. The Morgan fingerprint density at radius 2 is 2.21 bits per heavy atom. The van der Waals surface area contributed by atoms with Crippen LogP contribution in [0.1, 0.15) is 18.4 Å². The second-order valence-electron chi connectivity index (χ2n) is 4.42. The smallest absolute Gasteiger partial charge is 0.123 e. The molecular formula is C14H17BrFN3. The summed E-state index contributed by atoms with van der Waals surface area (Å²) in [6.07, 6.45) is 7.78. The first-order chi connectivity index (χ1) is 9.25. The Morgan fingerprint density at radius 3 is 3.00 bits per heavy atom. The number of aryl methyl sites for hydroxylation is 1. The van der Waals surface area contributed by atoms with Gasteiger partial charge in [0.15, 0.2) is 0 Å². The predicted molar refractivity (Wildman–Crippen MR) is 77.3 cm³/mol. The molecule has 1 N–H and O–H groups in total. The third-order valence-electron chi connectivity index (χ3n) is 2.90. The summed E-state index contributed by atoms with van der Waals surface area (Å²) < 4.78 is 16.1. The molecule has 0 fully saturated rings. The Hall–Kier alpha value is -1.20. The number of nitrogens with one attached hydrogen (secondary N) is 1. The maximum atomic E-state index is 13.1. The van der Waals surface area contributed by atoms with Crippen LogP contribution in [-0.4, -0.2) is 16.1 Å². The number of halogens is 2. The first-order valence-corrected chi connectivity index (χ1v) is 7.15. The zero-order valence-corrected chi connectivity index (χ0v) is 12.2. The lowest BCUT2D eigenvalue weighted by Crippen LogP contribution is -2.15. The molecule has 0 atom stereocenters. The van der Waals surface area contributed by atoms with E-state index in [9.17, 15) is 4.39 Å². The Kier molecular flexibility index (Phi) is 5.54. The van der Waals surface area contributed by atoms with Gasteiger partial charge in [0.05, 0.1) is 6.33 Å². The minimum atomic E-state index is -0.194. The molecule has 1 aromatic heterocycles. The molecule has 0 radical (unpaired) electrons. The molecule has 0 saturated carbocycles. The molecule has 2 aromatic rings. The van der Waals surface area contributed by atoms with Crippen LogP contribution in [0.4, 0.5) is 4.39 Å². The number of nitrogens with zero attached hydrogens (tertiary/aromatic N) is 2. The molecule has 0 saturated heterocycles. The van der Waals surface area contributed by atoms with Crippen molar-refractivity contribution in [3.63, 3.8) is 0 Å².